The zero-order chi connectivity index (χ0) is 22.6. The van der Waals surface area contributed by atoms with Crippen LogP contribution in [0.1, 0.15) is 22.5 Å². The molecular formula is C27H26N4O2. The number of carbonyl (C=O) groups excluding carboxylic acids is 1. The van der Waals surface area contributed by atoms with Gasteiger partial charge in [-0.25, -0.2) is 4.68 Å². The van der Waals surface area contributed by atoms with Gasteiger partial charge in [0.2, 0.25) is 0 Å². The van der Waals surface area contributed by atoms with E-state index in [9.17, 15) is 9.59 Å². The van der Waals surface area contributed by atoms with Gasteiger partial charge >= 0.3 is 0 Å². The predicted octanol–water partition coefficient (Wildman–Crippen LogP) is 3.70. The zero-order valence-electron chi connectivity index (χ0n) is 18.4. The molecule has 4 aromatic rings. The molecule has 2 heterocycles. The van der Waals surface area contributed by atoms with Gasteiger partial charge in [-0.2, -0.15) is 5.10 Å². The predicted molar refractivity (Wildman–Crippen MR) is 131 cm³/mol. The van der Waals surface area contributed by atoms with Crippen LogP contribution in [0.4, 0.5) is 5.69 Å². The molecule has 0 spiro atoms. The van der Waals surface area contributed by atoms with Crippen LogP contribution in [0.3, 0.4) is 0 Å². The number of hydrogen-bond acceptors (Lipinski definition) is 4. The molecular weight excluding hydrogens is 412 g/mol. The maximum absolute atomic E-state index is 13.2. The van der Waals surface area contributed by atoms with E-state index < -0.39 is 0 Å². The summed E-state index contributed by atoms with van der Waals surface area (Å²) in [5.74, 6) is 0.127. The third-order valence-electron chi connectivity index (χ3n) is 6.22. The molecule has 1 unspecified atom stereocenters. The highest BCUT2D eigenvalue weighted by molar-refractivity contribution is 6.04. The first kappa shape index (κ1) is 20.9. The summed E-state index contributed by atoms with van der Waals surface area (Å²) in [6.07, 6.45) is 1.02. The molecule has 6 heteroatoms. The first-order valence-electron chi connectivity index (χ1n) is 11.3. The van der Waals surface area contributed by atoms with E-state index in [1.165, 1.54) is 10.4 Å². The van der Waals surface area contributed by atoms with E-state index in [4.69, 9.17) is 0 Å². The lowest BCUT2D eigenvalue weighted by atomic mass is 10.1. The van der Waals surface area contributed by atoms with Crippen LogP contribution < -0.4 is 15.8 Å². The van der Waals surface area contributed by atoms with Crippen molar-refractivity contribution in [3.8, 4) is 0 Å². The molecule has 3 aromatic carbocycles. The van der Waals surface area contributed by atoms with Crippen molar-refractivity contribution < 1.29 is 4.79 Å². The number of hydrogen-bond donors (Lipinski definition) is 1. The Hall–Kier alpha value is -3.93. The highest BCUT2D eigenvalue weighted by Gasteiger charge is 2.24. The summed E-state index contributed by atoms with van der Waals surface area (Å²) in [5.41, 5.74) is 2.27. The molecule has 0 aliphatic carbocycles. The summed E-state index contributed by atoms with van der Waals surface area (Å²) < 4.78 is 1.39. The summed E-state index contributed by atoms with van der Waals surface area (Å²) >= 11 is 0. The van der Waals surface area contributed by atoms with Gasteiger partial charge < -0.3 is 10.2 Å². The highest BCUT2D eigenvalue weighted by Crippen LogP contribution is 2.23. The second-order valence-electron chi connectivity index (χ2n) is 8.49. The first-order chi connectivity index (χ1) is 16.2. The third-order valence-corrected chi connectivity index (χ3v) is 6.22. The fourth-order valence-corrected chi connectivity index (χ4v) is 4.46. The molecule has 1 aliphatic heterocycles. The Labute approximate surface area is 192 Å². The first-order valence-corrected chi connectivity index (χ1v) is 11.3. The molecule has 6 nitrogen and oxygen atoms in total. The van der Waals surface area contributed by atoms with Crippen molar-refractivity contribution >= 4 is 22.4 Å². The molecule has 0 radical (unpaired) electrons. The van der Waals surface area contributed by atoms with Gasteiger partial charge in [0.05, 0.1) is 11.9 Å². The van der Waals surface area contributed by atoms with Crippen LogP contribution in [-0.2, 0) is 6.54 Å². The quantitative estimate of drug-likeness (QED) is 0.499. The number of carbonyl (C=O) groups is 1. The minimum absolute atomic E-state index is 0.194. The van der Waals surface area contributed by atoms with Gasteiger partial charge in [-0.05, 0) is 36.1 Å². The molecule has 1 atom stereocenters. The third kappa shape index (κ3) is 4.51. The molecule has 33 heavy (non-hydrogen) atoms. The van der Waals surface area contributed by atoms with Gasteiger partial charge in [0.1, 0.15) is 0 Å². The van der Waals surface area contributed by atoms with Crippen LogP contribution >= 0.6 is 0 Å². The highest BCUT2D eigenvalue weighted by atomic mass is 16.2. The van der Waals surface area contributed by atoms with Gasteiger partial charge in [0, 0.05) is 30.7 Å². The lowest BCUT2D eigenvalue weighted by molar-refractivity contribution is 0.0943. The summed E-state index contributed by atoms with van der Waals surface area (Å²) in [4.78, 5) is 28.5. The lowest BCUT2D eigenvalue weighted by Crippen LogP contribution is -2.34. The second-order valence-corrected chi connectivity index (χ2v) is 8.49. The number of aromatic nitrogens is 2. The van der Waals surface area contributed by atoms with Crippen molar-refractivity contribution in [2.75, 3.05) is 24.5 Å². The monoisotopic (exact) mass is 438 g/mol. The molecule has 1 N–H and O–H groups in total. The molecule has 1 aliphatic rings. The van der Waals surface area contributed by atoms with Crippen LogP contribution in [0, 0.1) is 5.92 Å². The molecule has 1 saturated heterocycles. The standard InChI is InChI=1S/C27H26N4O2/c32-26(28-17-21-15-16-30(18-21)22-11-5-2-6-12-22)25-23-13-7-8-14-24(23)27(33)31(29-25)19-20-9-3-1-4-10-20/h1-14,21H,15-19H2,(H,28,32). The van der Waals surface area contributed by atoms with Crippen LogP contribution in [0.25, 0.3) is 10.8 Å². The average Bonchev–Trinajstić information content (AvgIpc) is 3.35. The van der Waals surface area contributed by atoms with Crippen LogP contribution in [-0.4, -0.2) is 35.3 Å². The van der Waals surface area contributed by atoms with Crippen molar-refractivity contribution in [3.05, 3.63) is 107 Å². The Morgan fingerprint density at radius 2 is 1.58 bits per heavy atom. The van der Waals surface area contributed by atoms with Crippen molar-refractivity contribution in [3.63, 3.8) is 0 Å². The molecule has 1 amide bonds. The van der Waals surface area contributed by atoms with E-state index in [0.717, 1.165) is 25.1 Å². The SMILES string of the molecule is O=C(NCC1CCN(c2ccccc2)C1)c1nn(Cc2ccccc2)c(=O)c2ccccc12. The van der Waals surface area contributed by atoms with Gasteiger partial charge in [0.25, 0.3) is 11.5 Å². The van der Waals surface area contributed by atoms with Crippen molar-refractivity contribution in [2.45, 2.75) is 13.0 Å². The van der Waals surface area contributed by atoms with E-state index in [1.807, 2.05) is 60.7 Å². The summed E-state index contributed by atoms with van der Waals surface area (Å²) in [5, 5.41) is 8.65. The van der Waals surface area contributed by atoms with Gasteiger partial charge in [-0.1, -0.05) is 66.7 Å². The number of rotatable bonds is 6. The van der Waals surface area contributed by atoms with Crippen molar-refractivity contribution in [1.82, 2.24) is 15.1 Å². The molecule has 166 valence electrons. The summed E-state index contributed by atoms with van der Waals surface area (Å²) in [6.45, 7) is 2.79. The number of para-hydroxylation sites is 1. The number of nitrogens with zero attached hydrogens (tertiary/aromatic N) is 3. The normalized spacial score (nSPS) is 15.6. The number of benzene rings is 3. The Kier molecular flexibility index (Phi) is 5.89. The largest absolute Gasteiger partial charge is 0.371 e. The Bertz CT molecular complexity index is 1320. The van der Waals surface area contributed by atoms with E-state index >= 15 is 0 Å². The van der Waals surface area contributed by atoms with Gasteiger partial charge in [-0.3, -0.25) is 9.59 Å². The molecule has 0 saturated carbocycles. The van der Waals surface area contributed by atoms with Crippen LogP contribution in [0.5, 0.6) is 0 Å². The Balaban J connectivity index is 1.35. The molecule has 1 aromatic heterocycles. The average molecular weight is 439 g/mol. The molecule has 1 fully saturated rings. The van der Waals surface area contributed by atoms with Gasteiger partial charge in [-0.15, -0.1) is 0 Å². The number of anilines is 1. The Morgan fingerprint density at radius 3 is 2.33 bits per heavy atom. The minimum atomic E-state index is -0.244. The maximum atomic E-state index is 13.2. The lowest BCUT2D eigenvalue weighted by Gasteiger charge is -2.18. The molecule has 0 bridgehead atoms. The molecule has 5 rings (SSSR count). The van der Waals surface area contributed by atoms with E-state index in [0.29, 0.717) is 35.5 Å². The summed E-state index contributed by atoms with van der Waals surface area (Å²) in [6, 6.07) is 27.2. The summed E-state index contributed by atoms with van der Waals surface area (Å²) in [7, 11) is 0. The second kappa shape index (κ2) is 9.28. The number of amides is 1. The van der Waals surface area contributed by atoms with E-state index in [-0.39, 0.29) is 11.5 Å². The van der Waals surface area contributed by atoms with Crippen molar-refractivity contribution in [1.29, 1.82) is 0 Å². The van der Waals surface area contributed by atoms with E-state index in [2.05, 4.69) is 27.4 Å². The van der Waals surface area contributed by atoms with Crippen LogP contribution in [0.15, 0.2) is 89.7 Å². The van der Waals surface area contributed by atoms with Gasteiger partial charge in [0.15, 0.2) is 5.69 Å². The van der Waals surface area contributed by atoms with Crippen molar-refractivity contribution in [2.24, 2.45) is 5.92 Å². The fourth-order valence-electron chi connectivity index (χ4n) is 4.46. The smallest absolute Gasteiger partial charge is 0.274 e. The zero-order valence-corrected chi connectivity index (χ0v) is 18.4. The number of nitrogens with one attached hydrogen (secondary N) is 1. The fraction of sp³-hybridized carbons (Fsp3) is 0.222. The maximum Gasteiger partial charge on any atom is 0.274 e. The number of fused-ring (bicyclic) bond motifs is 1. The van der Waals surface area contributed by atoms with Crippen LogP contribution in [0.2, 0.25) is 0 Å². The minimum Gasteiger partial charge on any atom is -0.371 e. The van der Waals surface area contributed by atoms with E-state index in [1.54, 1.807) is 12.1 Å². The topological polar surface area (TPSA) is 67.2 Å². The Morgan fingerprint density at radius 1 is 0.909 bits per heavy atom.